The van der Waals surface area contributed by atoms with E-state index >= 15 is 0 Å². The number of terminal acetylenes is 1. The van der Waals surface area contributed by atoms with E-state index in [-0.39, 0.29) is 11.5 Å². The lowest BCUT2D eigenvalue weighted by atomic mass is 10.4. The van der Waals surface area contributed by atoms with Crippen LogP contribution >= 0.6 is 0 Å². The highest BCUT2D eigenvalue weighted by Crippen LogP contribution is 1.99. The Balaban J connectivity index is 0. The van der Waals surface area contributed by atoms with Crippen LogP contribution in [-0.2, 0) is 61.2 Å². The molecule has 0 radical (unpaired) electrons. The predicted octanol–water partition coefficient (Wildman–Crippen LogP) is -1.34. The van der Waals surface area contributed by atoms with Gasteiger partial charge < -0.3 is 39.9 Å². The second kappa shape index (κ2) is 35.5. The highest BCUT2D eigenvalue weighted by Gasteiger charge is 2.09. The molecule has 0 atom stereocenters. The summed E-state index contributed by atoms with van der Waals surface area (Å²) in [6, 6.07) is 0. The Morgan fingerprint density at radius 2 is 1.23 bits per heavy atom. The molecule has 304 valence electrons. The lowest BCUT2D eigenvalue weighted by Crippen LogP contribution is -2.25. The quantitative estimate of drug-likeness (QED) is 0.0290. The van der Waals surface area contributed by atoms with Gasteiger partial charge in [0.2, 0.25) is 0 Å². The molecule has 52 heavy (non-hydrogen) atoms. The van der Waals surface area contributed by atoms with Crippen LogP contribution in [0.5, 0.6) is 0 Å². The van der Waals surface area contributed by atoms with Gasteiger partial charge in [-0.2, -0.15) is 0 Å². The third-order valence-electron chi connectivity index (χ3n) is 5.94. The van der Waals surface area contributed by atoms with Crippen LogP contribution in [0.1, 0.15) is 5.69 Å². The predicted molar refractivity (Wildman–Crippen MR) is 199 cm³/mol. The topological polar surface area (TPSA) is 262 Å². The van der Waals surface area contributed by atoms with E-state index in [2.05, 4.69) is 26.3 Å². The summed E-state index contributed by atoms with van der Waals surface area (Å²) in [6.07, 6.45) is 9.32. The largest absolute Gasteiger partial charge is 0.379 e. The van der Waals surface area contributed by atoms with Gasteiger partial charge >= 0.3 is 0 Å². The minimum atomic E-state index is -2.96. The number of sulfone groups is 2. The molecule has 0 aliphatic heterocycles. The number of azide groups is 1. The monoisotopic (exact) mass is 786 g/mol. The SMILES string of the molecule is C#CCN(C)CCS(C)(=O)=O.CN(CCS(C)(=O)=O)Cc1cn(CCOCCOCCOCCN)nn1.[N-]=[N+]=NCCOCCOCCOCCN. The Hall–Kier alpha value is -2.49. The second-order valence-corrected chi connectivity index (χ2v) is 15.6. The van der Waals surface area contributed by atoms with Crippen LogP contribution in [0.2, 0.25) is 0 Å². The van der Waals surface area contributed by atoms with Crippen LogP contribution in [-0.4, -0.2) is 198 Å². The summed E-state index contributed by atoms with van der Waals surface area (Å²) >= 11 is 0. The van der Waals surface area contributed by atoms with E-state index < -0.39 is 19.7 Å². The lowest BCUT2D eigenvalue weighted by molar-refractivity contribution is 0.0141. The van der Waals surface area contributed by atoms with Gasteiger partial charge in [-0.1, -0.05) is 16.2 Å². The number of aromatic nitrogens is 3. The molecule has 0 aliphatic carbocycles. The van der Waals surface area contributed by atoms with Gasteiger partial charge in [-0.3, -0.25) is 9.80 Å². The average molecular weight is 787 g/mol. The van der Waals surface area contributed by atoms with E-state index in [1.165, 1.54) is 12.5 Å². The molecule has 1 rings (SSSR count). The third kappa shape index (κ3) is 41.9. The normalized spacial score (nSPS) is 11.4. The van der Waals surface area contributed by atoms with Crippen LogP contribution in [0.3, 0.4) is 0 Å². The first-order chi connectivity index (χ1) is 24.8. The van der Waals surface area contributed by atoms with E-state index in [0.717, 1.165) is 5.69 Å². The molecule has 0 bridgehead atoms. The molecule has 0 unspecified atom stereocenters. The lowest BCUT2D eigenvalue weighted by Gasteiger charge is -2.13. The van der Waals surface area contributed by atoms with Crippen molar-refractivity contribution in [3.05, 3.63) is 22.3 Å². The van der Waals surface area contributed by atoms with Gasteiger partial charge in [0.15, 0.2) is 0 Å². The number of ether oxygens (including phenoxy) is 6. The maximum Gasteiger partial charge on any atom is 0.148 e. The molecular weight excluding hydrogens is 725 g/mol. The molecule has 0 aliphatic rings. The molecule has 22 heteroatoms. The Kier molecular flexibility index (Phi) is 35.3. The Labute approximate surface area is 310 Å². The van der Waals surface area contributed by atoms with Crippen LogP contribution in [0.4, 0.5) is 0 Å². The van der Waals surface area contributed by atoms with Crippen molar-refractivity contribution in [3.8, 4) is 12.3 Å². The van der Waals surface area contributed by atoms with Crippen LogP contribution in [0.25, 0.3) is 10.4 Å². The summed E-state index contributed by atoms with van der Waals surface area (Å²) in [7, 11) is -2.15. The molecule has 4 N–H and O–H groups in total. The molecule has 1 aromatic heterocycles. The smallest absolute Gasteiger partial charge is 0.148 e. The van der Waals surface area contributed by atoms with Gasteiger partial charge in [-0.25, -0.2) is 21.5 Å². The van der Waals surface area contributed by atoms with Gasteiger partial charge in [0.05, 0.1) is 110 Å². The number of nitrogens with two attached hydrogens (primary N) is 2. The molecule has 1 heterocycles. The number of nitrogens with zero attached hydrogens (tertiary/aromatic N) is 8. The van der Waals surface area contributed by atoms with Crippen molar-refractivity contribution in [3.63, 3.8) is 0 Å². The maximum absolute atomic E-state index is 11.2. The molecule has 0 spiro atoms. The highest BCUT2D eigenvalue weighted by atomic mass is 32.2. The molecule has 1 aromatic rings. The zero-order valence-corrected chi connectivity index (χ0v) is 33.0. The van der Waals surface area contributed by atoms with Gasteiger partial charge in [0, 0.05) is 62.9 Å². The fourth-order valence-electron chi connectivity index (χ4n) is 3.31. The summed E-state index contributed by atoms with van der Waals surface area (Å²) in [5.74, 6) is 2.74. The standard InChI is InChI=1S/C15H31N5O5S.C8H18N4O3.C7H13NO2S/c1-19(5-12-26(2,21)22)13-15-14-20(18-17-15)4-7-24-9-11-25-10-8-23-6-3-16;9-1-3-13-5-7-15-8-6-14-4-2-11-12-10;1-4-5-8(2)6-7-11(3,9)10/h14H,3-13,16H2,1-2H3;1-9H2;1H,5-7H2,2-3H3. The number of hydrogen-bond donors (Lipinski definition) is 2. The minimum absolute atomic E-state index is 0.132. The summed E-state index contributed by atoms with van der Waals surface area (Å²) in [6.45, 7) is 10.3. The number of rotatable bonds is 31. The van der Waals surface area contributed by atoms with Gasteiger partial charge in [0.25, 0.3) is 0 Å². The van der Waals surface area contributed by atoms with Crippen molar-refractivity contribution < 1.29 is 45.3 Å². The van der Waals surface area contributed by atoms with Crippen molar-refractivity contribution in [2.24, 2.45) is 16.6 Å². The van der Waals surface area contributed by atoms with E-state index in [0.29, 0.717) is 132 Å². The molecule has 0 saturated heterocycles. The van der Waals surface area contributed by atoms with Crippen molar-refractivity contribution in [1.29, 1.82) is 0 Å². The van der Waals surface area contributed by atoms with E-state index in [1.807, 2.05) is 18.1 Å². The first-order valence-electron chi connectivity index (χ1n) is 16.7. The van der Waals surface area contributed by atoms with Crippen molar-refractivity contribution in [2.75, 3.05) is 157 Å². The van der Waals surface area contributed by atoms with E-state index in [9.17, 15) is 16.8 Å². The summed E-state index contributed by atoms with van der Waals surface area (Å²) in [5.41, 5.74) is 19.3. The fourth-order valence-corrected chi connectivity index (χ4v) is 4.60. The molecule has 0 fully saturated rings. The van der Waals surface area contributed by atoms with Crippen molar-refractivity contribution in [1.82, 2.24) is 24.8 Å². The van der Waals surface area contributed by atoms with Crippen molar-refractivity contribution in [2.45, 2.75) is 13.1 Å². The Morgan fingerprint density at radius 1 is 0.788 bits per heavy atom. The molecule has 20 nitrogen and oxygen atoms in total. The highest BCUT2D eigenvalue weighted by molar-refractivity contribution is 7.90. The van der Waals surface area contributed by atoms with Gasteiger partial charge in [0.1, 0.15) is 19.7 Å². The van der Waals surface area contributed by atoms with E-state index in [4.69, 9.17) is 51.8 Å². The second-order valence-electron chi connectivity index (χ2n) is 11.1. The molecule has 0 saturated carbocycles. The Morgan fingerprint density at radius 3 is 1.67 bits per heavy atom. The summed E-state index contributed by atoms with van der Waals surface area (Å²) in [5, 5.41) is 11.4. The zero-order chi connectivity index (χ0) is 39.4. The summed E-state index contributed by atoms with van der Waals surface area (Å²) in [4.78, 5) is 6.29. The minimum Gasteiger partial charge on any atom is -0.379 e. The Bertz CT molecular complexity index is 1280. The molecule has 0 amide bonds. The first-order valence-corrected chi connectivity index (χ1v) is 20.8. The van der Waals surface area contributed by atoms with E-state index in [1.54, 1.807) is 16.6 Å². The number of hydrogen-bond acceptors (Lipinski definition) is 17. The van der Waals surface area contributed by atoms with Crippen molar-refractivity contribution >= 4 is 19.7 Å². The summed E-state index contributed by atoms with van der Waals surface area (Å²) < 4.78 is 76.8. The average Bonchev–Trinajstić information content (AvgIpc) is 3.53. The molecular formula is C30H62N10O10S2. The van der Waals surface area contributed by atoms with Gasteiger partial charge in [-0.05, 0) is 19.6 Å². The fraction of sp³-hybridized carbons (Fsp3) is 0.867. The van der Waals surface area contributed by atoms with Crippen LogP contribution < -0.4 is 11.5 Å². The van der Waals surface area contributed by atoms with Crippen LogP contribution in [0, 0.1) is 12.3 Å². The first kappa shape index (κ1) is 51.6. The maximum atomic E-state index is 11.2. The van der Waals surface area contributed by atoms with Crippen LogP contribution in [0.15, 0.2) is 11.3 Å². The van der Waals surface area contributed by atoms with Gasteiger partial charge in [-0.15, -0.1) is 11.5 Å². The third-order valence-corrected chi connectivity index (χ3v) is 7.79. The molecule has 0 aromatic carbocycles. The zero-order valence-electron chi connectivity index (χ0n) is 31.3.